The molecule has 0 spiro atoms. The van der Waals surface area contributed by atoms with Crippen molar-refractivity contribution in [2.75, 3.05) is 7.11 Å². The number of halogens is 1. The van der Waals surface area contributed by atoms with Gasteiger partial charge in [0.1, 0.15) is 23.8 Å². The van der Waals surface area contributed by atoms with Crippen LogP contribution in [0.2, 0.25) is 5.02 Å². The van der Waals surface area contributed by atoms with Crippen LogP contribution in [-0.4, -0.2) is 28.9 Å². The molecule has 1 heterocycles. The number of nitrogens with zero attached hydrogens (tertiary/aromatic N) is 2. The molecule has 34 heavy (non-hydrogen) atoms. The predicted octanol–water partition coefficient (Wildman–Crippen LogP) is 5.47. The van der Waals surface area contributed by atoms with Gasteiger partial charge in [-0.3, -0.25) is 9.89 Å². The quantitative estimate of drug-likeness (QED) is 0.262. The molecular formula is C26H23ClN4O3. The fraction of sp³-hybridized carbons (Fsp3) is 0.115. The highest BCUT2D eigenvalue weighted by Gasteiger charge is 2.11. The van der Waals surface area contributed by atoms with Crippen molar-refractivity contribution in [2.24, 2.45) is 5.10 Å². The third-order valence-corrected chi connectivity index (χ3v) is 5.38. The van der Waals surface area contributed by atoms with Gasteiger partial charge >= 0.3 is 0 Å². The molecule has 2 N–H and O–H groups in total. The van der Waals surface area contributed by atoms with Gasteiger partial charge < -0.3 is 9.47 Å². The van der Waals surface area contributed by atoms with E-state index in [0.717, 1.165) is 28.2 Å². The van der Waals surface area contributed by atoms with Crippen molar-refractivity contribution < 1.29 is 14.3 Å². The predicted molar refractivity (Wildman–Crippen MR) is 132 cm³/mol. The maximum absolute atomic E-state index is 12.5. The summed E-state index contributed by atoms with van der Waals surface area (Å²) in [6.07, 6.45) is 0. The molecule has 0 aliphatic rings. The Bertz CT molecular complexity index is 1280. The van der Waals surface area contributed by atoms with Gasteiger partial charge in [0.2, 0.25) is 0 Å². The van der Waals surface area contributed by atoms with Crippen LogP contribution >= 0.6 is 11.6 Å². The number of ether oxygens (including phenoxy) is 2. The number of H-pyrrole nitrogens is 1. The monoisotopic (exact) mass is 474 g/mol. The fourth-order valence-corrected chi connectivity index (χ4v) is 3.27. The molecule has 4 rings (SSSR count). The summed E-state index contributed by atoms with van der Waals surface area (Å²) >= 11 is 5.91. The normalized spacial score (nSPS) is 11.2. The minimum Gasteiger partial charge on any atom is -0.497 e. The lowest BCUT2D eigenvalue weighted by molar-refractivity contribution is 0.0950. The lowest BCUT2D eigenvalue weighted by atomic mass is 10.1. The minimum atomic E-state index is -0.380. The standard InChI is InChI=1S/C26H23ClN4O3/c1-17(19-5-11-22(33-2)12-6-19)28-31-26(32)25-15-24(29-30-25)20-7-13-23(14-8-20)34-16-18-3-9-21(27)10-4-18/h3-15H,16H2,1-2H3,(H,29,30)(H,31,32)/b28-17+. The summed E-state index contributed by atoms with van der Waals surface area (Å²) in [6, 6.07) is 24.1. The maximum Gasteiger partial charge on any atom is 0.289 e. The van der Waals surface area contributed by atoms with Crippen molar-refractivity contribution in [2.45, 2.75) is 13.5 Å². The third kappa shape index (κ3) is 5.82. The summed E-state index contributed by atoms with van der Waals surface area (Å²) < 4.78 is 11.0. The topological polar surface area (TPSA) is 88.6 Å². The number of rotatable bonds is 8. The second-order valence-electron chi connectivity index (χ2n) is 7.47. The zero-order valence-corrected chi connectivity index (χ0v) is 19.5. The summed E-state index contributed by atoms with van der Waals surface area (Å²) in [7, 11) is 1.61. The lowest BCUT2D eigenvalue weighted by Gasteiger charge is -2.07. The van der Waals surface area contributed by atoms with E-state index in [2.05, 4.69) is 20.7 Å². The van der Waals surface area contributed by atoms with Gasteiger partial charge in [-0.25, -0.2) is 5.43 Å². The van der Waals surface area contributed by atoms with Gasteiger partial charge in [0.25, 0.3) is 5.91 Å². The summed E-state index contributed by atoms with van der Waals surface area (Å²) in [5.74, 6) is 1.11. The first-order valence-electron chi connectivity index (χ1n) is 10.5. The van der Waals surface area contributed by atoms with Crippen molar-refractivity contribution in [3.63, 3.8) is 0 Å². The van der Waals surface area contributed by atoms with E-state index in [1.165, 1.54) is 0 Å². The highest BCUT2D eigenvalue weighted by molar-refractivity contribution is 6.30. The van der Waals surface area contributed by atoms with E-state index in [4.69, 9.17) is 21.1 Å². The first kappa shape index (κ1) is 23.1. The summed E-state index contributed by atoms with van der Waals surface area (Å²) in [6.45, 7) is 2.26. The second-order valence-corrected chi connectivity index (χ2v) is 7.91. The molecule has 0 atom stereocenters. The van der Waals surface area contributed by atoms with E-state index in [-0.39, 0.29) is 5.91 Å². The first-order valence-corrected chi connectivity index (χ1v) is 10.9. The molecule has 0 bridgehead atoms. The van der Waals surface area contributed by atoms with Gasteiger partial charge in [-0.05, 0) is 84.8 Å². The van der Waals surface area contributed by atoms with Gasteiger partial charge in [-0.1, -0.05) is 23.7 Å². The van der Waals surface area contributed by atoms with Crippen LogP contribution in [-0.2, 0) is 6.61 Å². The zero-order valence-electron chi connectivity index (χ0n) is 18.7. The second kappa shape index (κ2) is 10.7. The van der Waals surface area contributed by atoms with Gasteiger partial charge in [0, 0.05) is 10.6 Å². The van der Waals surface area contributed by atoms with Gasteiger partial charge in [0.05, 0.1) is 18.5 Å². The number of hydrazone groups is 1. The number of amides is 1. The molecule has 0 saturated heterocycles. The smallest absolute Gasteiger partial charge is 0.289 e. The number of carbonyl (C=O) groups excluding carboxylic acids is 1. The van der Waals surface area contributed by atoms with Gasteiger partial charge in [0.15, 0.2) is 0 Å². The number of aromatic amines is 1. The largest absolute Gasteiger partial charge is 0.497 e. The molecule has 1 amide bonds. The average molecular weight is 475 g/mol. The Kier molecular flexibility index (Phi) is 7.25. The number of methoxy groups -OCH3 is 1. The number of aromatic nitrogens is 2. The van der Waals surface area contributed by atoms with Crippen LogP contribution in [0.15, 0.2) is 84.0 Å². The molecule has 0 fully saturated rings. The Morgan fingerprint density at radius 2 is 1.68 bits per heavy atom. The van der Waals surface area contributed by atoms with Crippen LogP contribution in [0, 0.1) is 0 Å². The third-order valence-electron chi connectivity index (χ3n) is 5.12. The van der Waals surface area contributed by atoms with E-state index in [9.17, 15) is 4.79 Å². The highest BCUT2D eigenvalue weighted by Crippen LogP contribution is 2.22. The average Bonchev–Trinajstić information content (AvgIpc) is 3.38. The number of nitrogens with one attached hydrogen (secondary N) is 2. The molecule has 0 saturated carbocycles. The van der Waals surface area contributed by atoms with E-state index in [1.54, 1.807) is 13.2 Å². The van der Waals surface area contributed by atoms with E-state index in [1.807, 2.05) is 79.7 Å². The molecule has 1 aromatic heterocycles. The van der Waals surface area contributed by atoms with Gasteiger partial charge in [-0.2, -0.15) is 10.2 Å². The van der Waals surface area contributed by atoms with Crippen LogP contribution in [0.5, 0.6) is 11.5 Å². The molecule has 7 nitrogen and oxygen atoms in total. The number of carbonyl (C=O) groups is 1. The Balaban J connectivity index is 1.35. The van der Waals surface area contributed by atoms with Crippen molar-refractivity contribution >= 4 is 23.2 Å². The van der Waals surface area contributed by atoms with Crippen LogP contribution < -0.4 is 14.9 Å². The molecule has 0 radical (unpaired) electrons. The Morgan fingerprint density at radius 1 is 1.00 bits per heavy atom. The van der Waals surface area contributed by atoms with E-state index in [0.29, 0.717) is 28.7 Å². The molecular weight excluding hydrogens is 452 g/mol. The molecule has 4 aromatic rings. The molecule has 3 aromatic carbocycles. The van der Waals surface area contributed by atoms with Crippen molar-refractivity contribution in [1.29, 1.82) is 0 Å². The molecule has 8 heteroatoms. The van der Waals surface area contributed by atoms with Crippen molar-refractivity contribution in [1.82, 2.24) is 15.6 Å². The fourth-order valence-electron chi connectivity index (χ4n) is 3.15. The number of benzene rings is 3. The van der Waals surface area contributed by atoms with Crippen LogP contribution in [0.4, 0.5) is 0 Å². The van der Waals surface area contributed by atoms with Crippen LogP contribution in [0.25, 0.3) is 11.3 Å². The van der Waals surface area contributed by atoms with E-state index >= 15 is 0 Å². The molecule has 0 aliphatic heterocycles. The highest BCUT2D eigenvalue weighted by atomic mass is 35.5. The molecule has 0 aliphatic carbocycles. The summed E-state index contributed by atoms with van der Waals surface area (Å²) in [5, 5.41) is 11.9. The SMILES string of the molecule is COc1ccc(/C(C)=N/NC(=O)c2cc(-c3ccc(OCc4ccc(Cl)cc4)cc3)n[nH]2)cc1. The first-order chi connectivity index (χ1) is 16.5. The molecule has 0 unspecified atom stereocenters. The molecule has 172 valence electrons. The van der Waals surface area contributed by atoms with E-state index < -0.39 is 0 Å². The summed E-state index contributed by atoms with van der Waals surface area (Å²) in [4.78, 5) is 12.5. The van der Waals surface area contributed by atoms with Crippen LogP contribution in [0.1, 0.15) is 28.5 Å². The summed E-state index contributed by atoms with van der Waals surface area (Å²) in [5.41, 5.74) is 6.94. The van der Waals surface area contributed by atoms with Crippen molar-refractivity contribution in [3.05, 3.63) is 101 Å². The number of hydrogen-bond donors (Lipinski definition) is 2. The van der Waals surface area contributed by atoms with Gasteiger partial charge in [-0.15, -0.1) is 0 Å². The Morgan fingerprint density at radius 3 is 2.35 bits per heavy atom. The zero-order chi connectivity index (χ0) is 23.9. The van der Waals surface area contributed by atoms with Crippen LogP contribution in [0.3, 0.4) is 0 Å². The Labute approximate surface area is 202 Å². The van der Waals surface area contributed by atoms with Crippen molar-refractivity contribution in [3.8, 4) is 22.8 Å². The minimum absolute atomic E-state index is 0.310. The maximum atomic E-state index is 12.5. The Hall–Kier alpha value is -4.10. The lowest BCUT2D eigenvalue weighted by Crippen LogP contribution is -2.19. The number of hydrogen-bond acceptors (Lipinski definition) is 5.